The summed E-state index contributed by atoms with van der Waals surface area (Å²) in [6.07, 6.45) is 1.31. The van der Waals surface area contributed by atoms with Crippen molar-refractivity contribution in [3.63, 3.8) is 0 Å². The Kier molecular flexibility index (Phi) is 2.78. The summed E-state index contributed by atoms with van der Waals surface area (Å²) in [5.41, 5.74) is 0.0388. The largest absolute Gasteiger partial charge is 0.507 e. The van der Waals surface area contributed by atoms with Crippen LogP contribution in [-0.4, -0.2) is 26.9 Å². The van der Waals surface area contributed by atoms with Crippen molar-refractivity contribution in [3.05, 3.63) is 45.5 Å². The van der Waals surface area contributed by atoms with Crippen LogP contribution in [0.1, 0.15) is 57.1 Å². The van der Waals surface area contributed by atoms with Gasteiger partial charge in [-0.05, 0) is 27.7 Å². The highest BCUT2D eigenvalue weighted by Crippen LogP contribution is 2.59. The second kappa shape index (κ2) is 4.50. The molecule has 1 aliphatic carbocycles. The van der Waals surface area contributed by atoms with Gasteiger partial charge in [-0.2, -0.15) is 0 Å². The molecule has 0 bridgehead atoms. The van der Waals surface area contributed by atoms with Crippen molar-refractivity contribution in [2.45, 2.75) is 33.1 Å². The Bertz CT molecular complexity index is 1030. The zero-order valence-corrected chi connectivity index (χ0v) is 14.1. The molecule has 0 spiro atoms. The number of Topliss-reactive ketones (excluding diaryl/α,β-unsaturated/α-hetero) is 1. The van der Waals surface area contributed by atoms with E-state index in [0.717, 1.165) is 0 Å². The summed E-state index contributed by atoms with van der Waals surface area (Å²) in [5.74, 6) is -0.778. The van der Waals surface area contributed by atoms with Gasteiger partial charge in [-0.3, -0.25) is 9.59 Å². The van der Waals surface area contributed by atoms with Crippen molar-refractivity contribution in [1.82, 2.24) is 5.16 Å². The number of aromatic nitrogens is 1. The summed E-state index contributed by atoms with van der Waals surface area (Å²) in [6, 6.07) is 0. The molecule has 0 radical (unpaired) electrons. The smallest absolute Gasteiger partial charge is 0.194 e. The van der Waals surface area contributed by atoms with Crippen LogP contribution in [0.15, 0.2) is 16.4 Å². The van der Waals surface area contributed by atoms with Gasteiger partial charge < -0.3 is 19.5 Å². The molecule has 1 atom stereocenters. The lowest BCUT2D eigenvalue weighted by Gasteiger charge is -2.26. The second-order valence-corrected chi connectivity index (χ2v) is 6.53. The van der Waals surface area contributed by atoms with Gasteiger partial charge in [0.2, 0.25) is 0 Å². The lowest BCUT2D eigenvalue weighted by molar-refractivity contribution is 0.101. The van der Waals surface area contributed by atoms with E-state index in [-0.39, 0.29) is 51.2 Å². The summed E-state index contributed by atoms with van der Waals surface area (Å²) in [5, 5.41) is 24.9. The van der Waals surface area contributed by atoms with Crippen LogP contribution >= 0.6 is 0 Å². The Hall–Kier alpha value is -3.09. The molecule has 7 nitrogen and oxygen atoms in total. The summed E-state index contributed by atoms with van der Waals surface area (Å²) in [4.78, 5) is 24.5. The molecule has 0 saturated heterocycles. The van der Waals surface area contributed by atoms with Crippen molar-refractivity contribution < 1.29 is 29.1 Å². The number of nitrogens with zero attached hydrogens (tertiary/aromatic N) is 1. The van der Waals surface area contributed by atoms with Crippen molar-refractivity contribution in [3.8, 4) is 17.2 Å². The predicted octanol–water partition coefficient (Wildman–Crippen LogP) is 2.68. The maximum absolute atomic E-state index is 12.4. The lowest BCUT2D eigenvalue weighted by Crippen LogP contribution is -2.29. The number of phenolic OH excluding ortho intramolecular Hbond substituents is 2. The van der Waals surface area contributed by atoms with E-state index in [1.165, 1.54) is 19.9 Å². The fourth-order valence-electron chi connectivity index (χ4n) is 3.65. The Balaban J connectivity index is 2.16. The first-order chi connectivity index (χ1) is 11.7. The van der Waals surface area contributed by atoms with E-state index in [4.69, 9.17) is 9.26 Å². The number of benzene rings is 1. The standard InChI is InChI=1S/C18H15NO6/c1-6-14(22)12(8(3)20)16-13(15(6)23)18(4)10(24-16)5-9(21)11-7(2)19-25-17(11)18/h5,22-23H,1-4H3/t18-/m0/s1. The third kappa shape index (κ3) is 1.62. The zero-order chi connectivity index (χ0) is 18.3. The lowest BCUT2D eigenvalue weighted by atomic mass is 9.73. The van der Waals surface area contributed by atoms with Crippen LogP contribution in [0.3, 0.4) is 0 Å². The zero-order valence-electron chi connectivity index (χ0n) is 14.1. The van der Waals surface area contributed by atoms with E-state index < -0.39 is 11.2 Å². The number of aromatic hydroxyl groups is 2. The minimum atomic E-state index is -1.12. The molecule has 1 aliphatic heterocycles. The van der Waals surface area contributed by atoms with Crippen LogP contribution in [0.2, 0.25) is 0 Å². The molecule has 2 heterocycles. The highest BCUT2D eigenvalue weighted by Gasteiger charge is 2.55. The Morgan fingerprint density at radius 2 is 1.92 bits per heavy atom. The minimum Gasteiger partial charge on any atom is -0.507 e. The molecule has 1 aromatic carbocycles. The van der Waals surface area contributed by atoms with E-state index >= 15 is 0 Å². The molecule has 7 heteroatoms. The quantitative estimate of drug-likeness (QED) is 0.767. The van der Waals surface area contributed by atoms with Crippen LogP contribution in [0.5, 0.6) is 17.2 Å². The fourth-order valence-corrected chi connectivity index (χ4v) is 3.65. The number of carbonyl (C=O) groups is 2. The number of carbonyl (C=O) groups excluding carboxylic acids is 2. The summed E-state index contributed by atoms with van der Waals surface area (Å²) in [6.45, 7) is 6.18. The molecular formula is C18H15NO6. The fraction of sp³-hybridized carbons (Fsp3) is 0.278. The number of ketones is 2. The Morgan fingerprint density at radius 1 is 1.24 bits per heavy atom. The number of allylic oxidation sites excluding steroid dienone is 2. The summed E-state index contributed by atoms with van der Waals surface area (Å²) in [7, 11) is 0. The molecule has 128 valence electrons. The highest BCUT2D eigenvalue weighted by molar-refractivity contribution is 6.09. The van der Waals surface area contributed by atoms with Gasteiger partial charge >= 0.3 is 0 Å². The maximum Gasteiger partial charge on any atom is 0.194 e. The number of hydrogen-bond donors (Lipinski definition) is 2. The average molecular weight is 341 g/mol. The SMILES string of the molecule is CC(=O)c1c(O)c(C)c(O)c2c1OC1=CC(=O)c3c(C)noc3[C@@]12C. The van der Waals surface area contributed by atoms with Crippen LogP contribution in [0.25, 0.3) is 0 Å². The van der Waals surface area contributed by atoms with E-state index in [2.05, 4.69) is 5.16 Å². The maximum atomic E-state index is 12.4. The molecule has 2 N–H and O–H groups in total. The molecular weight excluding hydrogens is 326 g/mol. The third-order valence-electron chi connectivity index (χ3n) is 5.02. The van der Waals surface area contributed by atoms with E-state index in [0.29, 0.717) is 11.3 Å². The van der Waals surface area contributed by atoms with Gasteiger partial charge in [0.15, 0.2) is 17.3 Å². The Morgan fingerprint density at radius 3 is 2.56 bits per heavy atom. The van der Waals surface area contributed by atoms with Crippen molar-refractivity contribution in [2.75, 3.05) is 0 Å². The topological polar surface area (TPSA) is 110 Å². The van der Waals surface area contributed by atoms with E-state index in [1.807, 2.05) is 0 Å². The number of hydrogen-bond acceptors (Lipinski definition) is 7. The number of aryl methyl sites for hydroxylation is 1. The van der Waals surface area contributed by atoms with E-state index in [1.54, 1.807) is 13.8 Å². The first-order valence-electron chi connectivity index (χ1n) is 7.70. The number of rotatable bonds is 1. The Labute approximate surface area is 142 Å². The molecule has 0 unspecified atom stereocenters. The van der Waals surface area contributed by atoms with Gasteiger partial charge in [-0.25, -0.2) is 0 Å². The molecule has 0 amide bonds. The number of phenols is 2. The number of ether oxygens (including phenoxy) is 1. The average Bonchev–Trinajstić information content (AvgIpc) is 3.05. The third-order valence-corrected chi connectivity index (χ3v) is 5.02. The summed E-state index contributed by atoms with van der Waals surface area (Å²) >= 11 is 0. The normalized spacial score (nSPS) is 20.5. The van der Waals surface area contributed by atoms with Gasteiger partial charge in [-0.1, -0.05) is 5.16 Å². The summed E-state index contributed by atoms with van der Waals surface area (Å²) < 4.78 is 11.2. The monoisotopic (exact) mass is 341 g/mol. The van der Waals surface area contributed by atoms with Gasteiger partial charge in [0.1, 0.15) is 34.0 Å². The highest BCUT2D eigenvalue weighted by atomic mass is 16.5. The van der Waals surface area contributed by atoms with Crippen molar-refractivity contribution in [1.29, 1.82) is 0 Å². The molecule has 1 aromatic heterocycles. The van der Waals surface area contributed by atoms with Gasteiger partial charge in [0.05, 0.1) is 16.8 Å². The molecule has 0 saturated carbocycles. The van der Waals surface area contributed by atoms with Crippen molar-refractivity contribution >= 4 is 11.6 Å². The van der Waals surface area contributed by atoms with Crippen LogP contribution in [0.4, 0.5) is 0 Å². The van der Waals surface area contributed by atoms with Crippen LogP contribution in [-0.2, 0) is 5.41 Å². The van der Waals surface area contributed by atoms with Gasteiger partial charge in [0.25, 0.3) is 0 Å². The van der Waals surface area contributed by atoms with Crippen LogP contribution in [0, 0.1) is 13.8 Å². The van der Waals surface area contributed by atoms with Gasteiger partial charge in [-0.15, -0.1) is 0 Å². The first-order valence-corrected chi connectivity index (χ1v) is 7.70. The number of fused-ring (bicyclic) bond motifs is 5. The molecule has 2 aliphatic rings. The minimum absolute atomic E-state index is 0.0351. The van der Waals surface area contributed by atoms with Crippen molar-refractivity contribution in [2.24, 2.45) is 0 Å². The van der Waals surface area contributed by atoms with Gasteiger partial charge in [0, 0.05) is 11.6 Å². The van der Waals surface area contributed by atoms with Crippen LogP contribution < -0.4 is 4.74 Å². The second-order valence-electron chi connectivity index (χ2n) is 6.53. The predicted molar refractivity (Wildman–Crippen MR) is 85.2 cm³/mol. The molecule has 2 aromatic rings. The molecule has 4 rings (SSSR count). The van der Waals surface area contributed by atoms with E-state index in [9.17, 15) is 19.8 Å². The molecule has 0 fully saturated rings. The molecule has 25 heavy (non-hydrogen) atoms. The first kappa shape index (κ1) is 15.4.